The molecule has 182 valence electrons. The number of hydrogen-bond donors (Lipinski definition) is 4. The molecule has 2 unspecified atom stereocenters. The van der Waals surface area contributed by atoms with Crippen molar-refractivity contribution >= 4 is 11.5 Å². The Hall–Kier alpha value is -2.84. The van der Waals surface area contributed by atoms with E-state index in [2.05, 4.69) is 20.6 Å². The summed E-state index contributed by atoms with van der Waals surface area (Å²) in [7, 11) is 0. The van der Waals surface area contributed by atoms with Gasteiger partial charge in [0.05, 0.1) is 0 Å². The number of dihydropyridines is 1. The summed E-state index contributed by atoms with van der Waals surface area (Å²) in [6.45, 7) is 3.87. The van der Waals surface area contributed by atoms with Gasteiger partial charge in [0.15, 0.2) is 5.66 Å². The van der Waals surface area contributed by atoms with Crippen LogP contribution in [0.3, 0.4) is 0 Å². The normalized spacial score (nSPS) is 26.8. The average Bonchev–Trinajstić information content (AvgIpc) is 2.84. The Labute approximate surface area is 198 Å². The number of halogens is 2. The van der Waals surface area contributed by atoms with E-state index < -0.39 is 17.7 Å². The number of allylic oxidation sites excluding steroid dienone is 2. The monoisotopic (exact) mass is 470 g/mol. The Balaban J connectivity index is 1.75. The van der Waals surface area contributed by atoms with E-state index >= 15 is 0 Å². The fourth-order valence-corrected chi connectivity index (χ4v) is 5.12. The van der Waals surface area contributed by atoms with Gasteiger partial charge in [-0.2, -0.15) is 0 Å². The Morgan fingerprint density at radius 1 is 1.24 bits per heavy atom. The lowest BCUT2D eigenvalue weighted by atomic mass is 9.68. The molecule has 2 aliphatic rings. The zero-order chi connectivity index (χ0) is 24.3. The molecule has 8 heteroatoms. The van der Waals surface area contributed by atoms with Gasteiger partial charge in [-0.05, 0) is 93.4 Å². The van der Waals surface area contributed by atoms with Crippen LogP contribution in [0.2, 0.25) is 0 Å². The highest BCUT2D eigenvalue weighted by atomic mass is 19.3. The van der Waals surface area contributed by atoms with E-state index in [-0.39, 0.29) is 29.8 Å². The molecule has 4 N–H and O–H groups in total. The van der Waals surface area contributed by atoms with Gasteiger partial charge in [0.25, 0.3) is 6.43 Å². The van der Waals surface area contributed by atoms with Crippen LogP contribution in [0.15, 0.2) is 60.6 Å². The summed E-state index contributed by atoms with van der Waals surface area (Å²) < 4.78 is 26.8. The molecular weight excluding hydrogens is 438 g/mol. The highest BCUT2D eigenvalue weighted by Crippen LogP contribution is 2.44. The van der Waals surface area contributed by atoms with Gasteiger partial charge in [-0.25, -0.2) is 13.8 Å². The largest absolute Gasteiger partial charge is 0.396 e. The molecule has 0 amide bonds. The van der Waals surface area contributed by atoms with Gasteiger partial charge in [0, 0.05) is 42.0 Å². The summed E-state index contributed by atoms with van der Waals surface area (Å²) in [4.78, 5) is 8.49. The maximum Gasteiger partial charge on any atom is 0.264 e. The first-order valence-electron chi connectivity index (χ1n) is 11.7. The molecule has 2 aromatic heterocycles. The van der Waals surface area contributed by atoms with Crippen LogP contribution in [0.1, 0.15) is 57.1 Å². The SMILES string of the molecule is CC1=CC(Nc2cc(C(F)F)ccn2)(C(C)(O)C2CCC(CO)CC2)NC(c2cccnc2)=C1. The molecule has 1 aliphatic heterocycles. The van der Waals surface area contributed by atoms with E-state index in [1.807, 2.05) is 31.2 Å². The number of nitrogens with one attached hydrogen (secondary N) is 2. The second-order valence-corrected chi connectivity index (χ2v) is 9.57. The van der Waals surface area contributed by atoms with Crippen molar-refractivity contribution < 1.29 is 19.0 Å². The van der Waals surface area contributed by atoms with Gasteiger partial charge in [-0.3, -0.25) is 4.98 Å². The summed E-state index contributed by atoms with van der Waals surface area (Å²) in [6, 6.07) is 6.36. The zero-order valence-electron chi connectivity index (χ0n) is 19.5. The van der Waals surface area contributed by atoms with E-state index in [1.165, 1.54) is 18.3 Å². The van der Waals surface area contributed by atoms with Gasteiger partial charge in [-0.1, -0.05) is 0 Å². The molecule has 6 nitrogen and oxygen atoms in total. The van der Waals surface area contributed by atoms with E-state index in [4.69, 9.17) is 0 Å². The number of hydrogen-bond acceptors (Lipinski definition) is 6. The van der Waals surface area contributed by atoms with Gasteiger partial charge >= 0.3 is 0 Å². The van der Waals surface area contributed by atoms with Gasteiger partial charge < -0.3 is 20.8 Å². The Kier molecular flexibility index (Phi) is 7.00. The average molecular weight is 471 g/mol. The number of rotatable bonds is 7. The number of pyridine rings is 2. The van der Waals surface area contributed by atoms with E-state index in [0.717, 1.165) is 42.5 Å². The van der Waals surface area contributed by atoms with E-state index in [0.29, 0.717) is 0 Å². The first-order valence-corrected chi connectivity index (χ1v) is 11.7. The van der Waals surface area contributed by atoms with Crippen molar-refractivity contribution in [2.75, 3.05) is 11.9 Å². The van der Waals surface area contributed by atoms with Gasteiger partial charge in [0.2, 0.25) is 0 Å². The fraction of sp³-hybridized carbons (Fsp3) is 0.462. The summed E-state index contributed by atoms with van der Waals surface area (Å²) in [5.74, 6) is 0.389. The van der Waals surface area contributed by atoms with Crippen LogP contribution in [0.25, 0.3) is 5.70 Å². The predicted molar refractivity (Wildman–Crippen MR) is 128 cm³/mol. The van der Waals surface area contributed by atoms with Crippen LogP contribution in [0.4, 0.5) is 14.6 Å². The molecule has 4 rings (SSSR count). The Morgan fingerprint density at radius 3 is 2.65 bits per heavy atom. The van der Waals surface area contributed by atoms with Crippen molar-refractivity contribution in [3.05, 3.63) is 71.7 Å². The summed E-state index contributed by atoms with van der Waals surface area (Å²) in [5.41, 5.74) is -0.180. The molecule has 0 aromatic carbocycles. The van der Waals surface area contributed by atoms with E-state index in [9.17, 15) is 19.0 Å². The van der Waals surface area contributed by atoms with Crippen molar-refractivity contribution in [2.45, 2.75) is 57.2 Å². The molecule has 0 spiro atoms. The second-order valence-electron chi connectivity index (χ2n) is 9.57. The predicted octanol–water partition coefficient (Wildman–Crippen LogP) is 4.66. The quantitative estimate of drug-likeness (QED) is 0.471. The summed E-state index contributed by atoms with van der Waals surface area (Å²) >= 11 is 0. The number of aliphatic hydroxyl groups excluding tert-OH is 1. The maximum absolute atomic E-state index is 13.4. The number of alkyl halides is 2. The van der Waals surface area contributed by atoms with Gasteiger partial charge in [0.1, 0.15) is 11.4 Å². The summed E-state index contributed by atoms with van der Waals surface area (Å²) in [5, 5.41) is 28.5. The van der Waals surface area contributed by atoms with Crippen molar-refractivity contribution in [1.29, 1.82) is 0 Å². The fourth-order valence-electron chi connectivity index (χ4n) is 5.12. The van der Waals surface area contributed by atoms with Crippen LogP contribution in [-0.2, 0) is 0 Å². The van der Waals surface area contributed by atoms with E-state index in [1.54, 1.807) is 19.3 Å². The number of anilines is 1. The van der Waals surface area contributed by atoms with Crippen LogP contribution in [0.5, 0.6) is 0 Å². The van der Waals surface area contributed by atoms with Crippen LogP contribution < -0.4 is 10.6 Å². The molecule has 34 heavy (non-hydrogen) atoms. The lowest BCUT2D eigenvalue weighted by molar-refractivity contribution is -0.0687. The van der Waals surface area contributed by atoms with Crippen molar-refractivity contribution in [1.82, 2.24) is 15.3 Å². The molecular formula is C26H32F2N4O2. The molecule has 1 aliphatic carbocycles. The smallest absolute Gasteiger partial charge is 0.264 e. The number of aliphatic hydroxyl groups is 2. The minimum atomic E-state index is -2.63. The first-order chi connectivity index (χ1) is 16.2. The lowest BCUT2D eigenvalue weighted by Gasteiger charge is -2.52. The van der Waals surface area contributed by atoms with Crippen LogP contribution >= 0.6 is 0 Å². The second kappa shape index (κ2) is 9.80. The molecule has 0 bridgehead atoms. The van der Waals surface area contributed by atoms with Crippen LogP contribution in [-0.4, -0.2) is 38.1 Å². The Morgan fingerprint density at radius 2 is 2.00 bits per heavy atom. The van der Waals surface area contributed by atoms with Crippen LogP contribution in [0, 0.1) is 11.8 Å². The topological polar surface area (TPSA) is 90.3 Å². The van der Waals surface area contributed by atoms with Crippen molar-refractivity contribution in [3.63, 3.8) is 0 Å². The minimum Gasteiger partial charge on any atom is -0.396 e. The standard InChI is InChI=1S/C26H32F2N4O2/c1-17-12-22(20-4-3-10-29-15-20)31-26(14-17,32-23-13-19(24(27)28)9-11-30-23)25(2,34)21-7-5-18(16-33)6-8-21/h3-4,9-15,18,21,24,31,33-34H,5-8,16H2,1-2H3,(H,30,32). The first kappa shape index (κ1) is 24.3. The summed E-state index contributed by atoms with van der Waals surface area (Å²) in [6.07, 6.45) is 9.14. The molecule has 0 saturated heterocycles. The molecule has 1 saturated carbocycles. The number of nitrogens with zero attached hydrogens (tertiary/aromatic N) is 2. The maximum atomic E-state index is 13.4. The van der Waals surface area contributed by atoms with Crippen molar-refractivity contribution in [3.8, 4) is 0 Å². The molecule has 0 radical (unpaired) electrons. The molecule has 2 atom stereocenters. The molecule has 3 heterocycles. The third kappa shape index (κ3) is 4.83. The third-order valence-corrected chi connectivity index (χ3v) is 7.18. The molecule has 2 aromatic rings. The van der Waals surface area contributed by atoms with Crippen molar-refractivity contribution in [2.24, 2.45) is 11.8 Å². The Bertz CT molecular complexity index is 1050. The highest BCUT2D eigenvalue weighted by molar-refractivity contribution is 5.70. The number of aromatic nitrogens is 2. The molecule has 1 fully saturated rings. The highest BCUT2D eigenvalue weighted by Gasteiger charge is 2.52. The van der Waals surface area contributed by atoms with Gasteiger partial charge in [-0.15, -0.1) is 0 Å². The lowest BCUT2D eigenvalue weighted by Crippen LogP contribution is -2.68. The third-order valence-electron chi connectivity index (χ3n) is 7.18. The minimum absolute atomic E-state index is 0.0918. The zero-order valence-corrected chi connectivity index (χ0v) is 19.5.